The molecule has 8 unspecified atom stereocenters. The molecular formula is C46H65N13O12S2. The molecule has 2 aromatic rings. The minimum atomic E-state index is -1.50. The third-order valence-corrected chi connectivity index (χ3v) is 14.1. The predicted molar refractivity (Wildman–Crippen MR) is 268 cm³/mol. The Morgan fingerprint density at radius 1 is 0.740 bits per heavy atom. The molecule has 0 radical (unpaired) electrons. The zero-order valence-corrected chi connectivity index (χ0v) is 41.6. The number of carbonyl (C=O) groups is 11. The maximum absolute atomic E-state index is 14.5. The van der Waals surface area contributed by atoms with E-state index in [9.17, 15) is 57.8 Å². The van der Waals surface area contributed by atoms with Crippen LogP contribution in [-0.2, 0) is 65.6 Å². The Hall–Kier alpha value is -6.97. The first-order chi connectivity index (χ1) is 34.8. The van der Waals surface area contributed by atoms with E-state index in [0.717, 1.165) is 21.6 Å². The molecule has 4 rings (SSSR count). The Labute approximate surface area is 428 Å². The predicted octanol–water partition coefficient (Wildman–Crippen LogP) is -4.47. The number of primary amides is 3. The SMILES string of the molecule is NCCCC(NC(=O)C1CCCN1C(=O)C1CSSCC(N)C(=O)NC(Cc2ccc(O)cc2)C(=O)NC(Cc2ccccc2)C(=O)NC(CCC(N)=O)C(=O)NCC(CC(N)=O)C(=O)N1)C(=O)NCC(N)=O. The number of nitrogens with two attached hydrogens (primary N) is 5. The number of phenolic OH excluding ortho intramolecular Hbond substituents is 1. The number of amides is 11. The Bertz CT molecular complexity index is 2300. The van der Waals surface area contributed by atoms with Crippen LogP contribution >= 0.6 is 21.6 Å². The molecule has 0 saturated carbocycles. The van der Waals surface area contributed by atoms with E-state index < -0.39 is 139 Å². The lowest BCUT2D eigenvalue weighted by atomic mass is 10.0. The molecule has 0 spiro atoms. The molecule has 8 atom stereocenters. The summed E-state index contributed by atoms with van der Waals surface area (Å²) in [5.74, 6) is -10.8. The van der Waals surface area contributed by atoms with Gasteiger partial charge in [0.2, 0.25) is 65.0 Å². The summed E-state index contributed by atoms with van der Waals surface area (Å²) in [6.07, 6.45) is -0.683. The van der Waals surface area contributed by atoms with Crippen LogP contribution in [0.1, 0.15) is 56.1 Å². The molecule has 18 N–H and O–H groups in total. The van der Waals surface area contributed by atoms with E-state index in [2.05, 4.69) is 37.2 Å². The molecule has 27 heteroatoms. The van der Waals surface area contributed by atoms with Crippen molar-refractivity contribution < 1.29 is 57.8 Å². The average molecular weight is 1060 g/mol. The number of nitrogens with zero attached hydrogens (tertiary/aromatic N) is 1. The zero-order chi connectivity index (χ0) is 53.6. The van der Waals surface area contributed by atoms with Gasteiger partial charge in [0.25, 0.3) is 0 Å². The summed E-state index contributed by atoms with van der Waals surface area (Å²) < 4.78 is 0. The van der Waals surface area contributed by atoms with Crippen LogP contribution in [0, 0.1) is 5.92 Å². The molecule has 2 aromatic carbocycles. The van der Waals surface area contributed by atoms with E-state index in [1.165, 1.54) is 29.2 Å². The second-order valence-electron chi connectivity index (χ2n) is 17.5. The molecule has 11 amide bonds. The molecule has 0 aliphatic carbocycles. The van der Waals surface area contributed by atoms with Gasteiger partial charge in [0.05, 0.1) is 18.5 Å². The highest BCUT2D eigenvalue weighted by atomic mass is 33.1. The molecule has 73 heavy (non-hydrogen) atoms. The summed E-state index contributed by atoms with van der Waals surface area (Å²) in [5, 5.41) is 28.0. The van der Waals surface area contributed by atoms with Crippen LogP contribution in [-0.4, -0.2) is 155 Å². The van der Waals surface area contributed by atoms with Gasteiger partial charge in [-0.05, 0) is 61.9 Å². The highest BCUT2D eigenvalue weighted by Crippen LogP contribution is 2.26. The lowest BCUT2D eigenvalue weighted by Gasteiger charge is -2.30. The number of carbonyl (C=O) groups excluding carboxylic acids is 11. The number of benzene rings is 2. The molecule has 2 saturated heterocycles. The van der Waals surface area contributed by atoms with Crippen LogP contribution in [0.4, 0.5) is 0 Å². The fraction of sp³-hybridized carbons (Fsp3) is 0.500. The van der Waals surface area contributed by atoms with Crippen molar-refractivity contribution in [3.05, 3.63) is 65.7 Å². The minimum absolute atomic E-state index is 0.0533. The van der Waals surface area contributed by atoms with Gasteiger partial charge >= 0.3 is 0 Å². The minimum Gasteiger partial charge on any atom is -0.508 e. The van der Waals surface area contributed by atoms with Crippen molar-refractivity contribution >= 4 is 86.6 Å². The van der Waals surface area contributed by atoms with Gasteiger partial charge in [-0.25, -0.2) is 0 Å². The van der Waals surface area contributed by atoms with Crippen molar-refractivity contribution in [2.75, 3.05) is 37.7 Å². The number of nitrogens with one attached hydrogen (secondary N) is 7. The van der Waals surface area contributed by atoms with Crippen molar-refractivity contribution in [1.82, 2.24) is 42.1 Å². The van der Waals surface area contributed by atoms with Gasteiger partial charge in [-0.15, -0.1) is 0 Å². The molecule has 0 aromatic heterocycles. The van der Waals surface area contributed by atoms with Gasteiger partial charge < -0.3 is 75.9 Å². The number of hydrogen-bond acceptors (Lipinski definition) is 16. The van der Waals surface area contributed by atoms with E-state index in [4.69, 9.17) is 28.7 Å². The van der Waals surface area contributed by atoms with Gasteiger partial charge in [-0.1, -0.05) is 64.1 Å². The summed E-state index contributed by atoms with van der Waals surface area (Å²) in [6, 6.07) is 5.20. The highest BCUT2D eigenvalue weighted by Gasteiger charge is 2.40. The molecule has 2 heterocycles. The molecule has 25 nitrogen and oxygen atoms in total. The van der Waals surface area contributed by atoms with Crippen LogP contribution < -0.4 is 65.9 Å². The number of likely N-dealkylation sites (tertiary alicyclic amines) is 1. The maximum Gasteiger partial charge on any atom is 0.246 e. The summed E-state index contributed by atoms with van der Waals surface area (Å²) in [4.78, 5) is 148. The average Bonchev–Trinajstić information content (AvgIpc) is 3.85. The van der Waals surface area contributed by atoms with E-state index in [-0.39, 0.29) is 62.4 Å². The Balaban J connectivity index is 1.69. The van der Waals surface area contributed by atoms with Crippen LogP contribution in [0.2, 0.25) is 0 Å². The third-order valence-electron chi connectivity index (χ3n) is 11.7. The largest absolute Gasteiger partial charge is 0.508 e. The first kappa shape index (κ1) is 58.6. The van der Waals surface area contributed by atoms with E-state index in [1.54, 1.807) is 30.3 Å². The number of phenols is 1. The Morgan fingerprint density at radius 2 is 1.36 bits per heavy atom. The number of hydrogen-bond donors (Lipinski definition) is 13. The van der Waals surface area contributed by atoms with Gasteiger partial charge in [-0.3, -0.25) is 52.7 Å². The first-order valence-electron chi connectivity index (χ1n) is 23.5. The first-order valence-corrected chi connectivity index (χ1v) is 26.0. The van der Waals surface area contributed by atoms with Gasteiger partial charge in [0.15, 0.2) is 0 Å². The van der Waals surface area contributed by atoms with Crippen molar-refractivity contribution in [2.24, 2.45) is 34.6 Å². The van der Waals surface area contributed by atoms with Crippen molar-refractivity contribution in [2.45, 2.75) is 100 Å². The van der Waals surface area contributed by atoms with E-state index in [0.29, 0.717) is 24.0 Å². The lowest BCUT2D eigenvalue weighted by Crippen LogP contribution is -2.59. The van der Waals surface area contributed by atoms with Crippen LogP contribution in [0.5, 0.6) is 5.75 Å². The Morgan fingerprint density at radius 3 is 1.97 bits per heavy atom. The standard InChI is InChI=1S/C46H65N13O12S2/c47-16-4-8-30(41(66)53-22-38(51)63)55-45(70)35-9-5-17-59(35)46(71)34-24-73-72-23-29(48)40(65)56-32(19-26-10-12-28(60)13-11-26)44(69)57-33(18-25-6-2-1-3-7-25)43(68)54-31(14-15-36(49)61)42(67)52-21-27(20-37(50)62)39(64)58-34/h1-3,6-7,10-13,27,29-35,60H,4-5,8-9,14-24,47-48H2,(H2,49,61)(H2,50,62)(H2,51,63)(H,52,67)(H,53,66)(H,54,68)(H,55,70)(H,56,65)(H,57,69)(H,58,64). The fourth-order valence-electron chi connectivity index (χ4n) is 7.80. The summed E-state index contributed by atoms with van der Waals surface area (Å²) in [6.45, 7) is -0.827. The number of aromatic hydroxyl groups is 1. The van der Waals surface area contributed by atoms with Crippen LogP contribution in [0.25, 0.3) is 0 Å². The molecule has 398 valence electrons. The maximum atomic E-state index is 14.5. The second-order valence-corrected chi connectivity index (χ2v) is 20.0. The number of rotatable bonds is 18. The summed E-state index contributed by atoms with van der Waals surface area (Å²) in [5.41, 5.74) is 29.3. The molecule has 2 aliphatic rings. The fourth-order valence-corrected chi connectivity index (χ4v) is 10.1. The van der Waals surface area contributed by atoms with Crippen LogP contribution in [0.15, 0.2) is 54.6 Å². The van der Waals surface area contributed by atoms with E-state index >= 15 is 0 Å². The Kier molecular flexibility index (Phi) is 23.7. The second kappa shape index (κ2) is 29.5. The van der Waals surface area contributed by atoms with Gasteiger partial charge in [-0.2, -0.15) is 0 Å². The smallest absolute Gasteiger partial charge is 0.246 e. The molecule has 2 fully saturated rings. The van der Waals surface area contributed by atoms with Crippen molar-refractivity contribution in [1.29, 1.82) is 0 Å². The van der Waals surface area contributed by atoms with Crippen LogP contribution in [0.3, 0.4) is 0 Å². The normalized spacial score (nSPS) is 23.2. The quantitative estimate of drug-likeness (QED) is 0.0626. The van der Waals surface area contributed by atoms with Crippen molar-refractivity contribution in [3.8, 4) is 5.75 Å². The molecule has 2 aliphatic heterocycles. The molecule has 0 bridgehead atoms. The summed E-state index contributed by atoms with van der Waals surface area (Å²) in [7, 11) is 2.06. The zero-order valence-electron chi connectivity index (χ0n) is 40.0. The van der Waals surface area contributed by atoms with Gasteiger partial charge in [0, 0.05) is 50.3 Å². The topological polar surface area (TPSA) is 426 Å². The molecular weight excluding hydrogens is 991 g/mol. The van der Waals surface area contributed by atoms with E-state index in [1.807, 2.05) is 0 Å². The third kappa shape index (κ3) is 19.5. The van der Waals surface area contributed by atoms with Crippen molar-refractivity contribution in [3.63, 3.8) is 0 Å². The summed E-state index contributed by atoms with van der Waals surface area (Å²) >= 11 is 0. The lowest BCUT2D eigenvalue weighted by molar-refractivity contribution is -0.142. The van der Waals surface area contributed by atoms with Gasteiger partial charge in [0.1, 0.15) is 42.0 Å². The highest BCUT2D eigenvalue weighted by molar-refractivity contribution is 8.76. The monoisotopic (exact) mass is 1060 g/mol.